The summed E-state index contributed by atoms with van der Waals surface area (Å²) in [5.74, 6) is -2.48. The molecule has 0 heterocycles. The maximum Gasteiger partial charge on any atom is 0.408 e. The van der Waals surface area contributed by atoms with Crippen molar-refractivity contribution in [1.82, 2.24) is 10.6 Å². The summed E-state index contributed by atoms with van der Waals surface area (Å²) in [6, 6.07) is 15.8. The number of benzene rings is 2. The normalized spacial score (nSPS) is 12.2. The van der Waals surface area contributed by atoms with Crippen LogP contribution in [-0.4, -0.2) is 41.1 Å². The standard InChI is InChI=1S/C24H28N2O7/c1-2-19(23(29)30)25-22(28)20(26-24(31)33-16-18-11-7-4-8-12-18)13-14-21(27)32-15-17-9-5-3-6-10-17/h3-12,19-20H,2,13-16H2,1H3,(H,25,28)(H,26,31)(H,29,30)/t19?,20-/m0/s1. The molecule has 2 aromatic carbocycles. The molecule has 2 rings (SSSR count). The van der Waals surface area contributed by atoms with Gasteiger partial charge in [0.1, 0.15) is 25.3 Å². The first-order chi connectivity index (χ1) is 15.9. The highest BCUT2D eigenvalue weighted by Crippen LogP contribution is 2.07. The lowest BCUT2D eigenvalue weighted by Gasteiger charge is -2.20. The molecule has 3 N–H and O–H groups in total. The van der Waals surface area contributed by atoms with Crippen LogP contribution in [0, 0.1) is 0 Å². The van der Waals surface area contributed by atoms with Gasteiger partial charge in [-0.15, -0.1) is 0 Å². The Kier molecular flexibility index (Phi) is 10.4. The molecule has 176 valence electrons. The molecule has 0 aromatic heterocycles. The fourth-order valence-corrected chi connectivity index (χ4v) is 2.86. The molecule has 0 radical (unpaired) electrons. The van der Waals surface area contributed by atoms with Crippen molar-refractivity contribution in [3.63, 3.8) is 0 Å². The Hall–Kier alpha value is -3.88. The number of ether oxygens (including phenoxy) is 2. The second kappa shape index (κ2) is 13.5. The summed E-state index contributed by atoms with van der Waals surface area (Å²) in [6.45, 7) is 1.68. The number of carbonyl (C=O) groups is 4. The Morgan fingerprint density at radius 2 is 1.36 bits per heavy atom. The zero-order valence-corrected chi connectivity index (χ0v) is 18.4. The monoisotopic (exact) mass is 456 g/mol. The van der Waals surface area contributed by atoms with E-state index in [9.17, 15) is 24.3 Å². The van der Waals surface area contributed by atoms with Gasteiger partial charge in [0.05, 0.1) is 0 Å². The summed E-state index contributed by atoms with van der Waals surface area (Å²) >= 11 is 0. The van der Waals surface area contributed by atoms with E-state index in [4.69, 9.17) is 9.47 Å². The van der Waals surface area contributed by atoms with Crippen molar-refractivity contribution < 1.29 is 33.8 Å². The second-order valence-electron chi connectivity index (χ2n) is 7.25. The number of esters is 1. The largest absolute Gasteiger partial charge is 0.480 e. The first-order valence-corrected chi connectivity index (χ1v) is 10.6. The number of alkyl carbamates (subject to hydrolysis) is 1. The topological polar surface area (TPSA) is 131 Å². The number of carbonyl (C=O) groups excluding carboxylic acids is 3. The van der Waals surface area contributed by atoms with Crippen molar-refractivity contribution >= 4 is 23.9 Å². The van der Waals surface area contributed by atoms with Crippen molar-refractivity contribution in [1.29, 1.82) is 0 Å². The smallest absolute Gasteiger partial charge is 0.408 e. The third-order valence-electron chi connectivity index (χ3n) is 4.72. The number of amides is 2. The molecule has 9 nitrogen and oxygen atoms in total. The van der Waals surface area contributed by atoms with Crippen LogP contribution in [0.25, 0.3) is 0 Å². The Labute approximate surface area is 192 Å². The van der Waals surface area contributed by atoms with Crippen molar-refractivity contribution in [3.05, 3.63) is 71.8 Å². The van der Waals surface area contributed by atoms with Crippen molar-refractivity contribution in [2.24, 2.45) is 0 Å². The Bertz CT molecular complexity index is 919. The lowest BCUT2D eigenvalue weighted by Crippen LogP contribution is -2.51. The van der Waals surface area contributed by atoms with Gasteiger partial charge in [-0.05, 0) is 24.0 Å². The molecule has 2 aromatic rings. The highest BCUT2D eigenvalue weighted by Gasteiger charge is 2.27. The highest BCUT2D eigenvalue weighted by molar-refractivity contribution is 5.89. The van der Waals surface area contributed by atoms with Gasteiger partial charge in [-0.1, -0.05) is 67.6 Å². The van der Waals surface area contributed by atoms with Crippen LogP contribution in [0.15, 0.2) is 60.7 Å². The SMILES string of the molecule is CCC(NC(=O)[C@H](CCC(=O)OCc1ccccc1)NC(=O)OCc1ccccc1)C(=O)O. The molecular weight excluding hydrogens is 428 g/mol. The molecule has 0 saturated heterocycles. The summed E-state index contributed by atoms with van der Waals surface area (Å²) in [5.41, 5.74) is 1.57. The number of rotatable bonds is 12. The van der Waals surface area contributed by atoms with Crippen LogP contribution in [0.3, 0.4) is 0 Å². The molecule has 0 bridgehead atoms. The van der Waals surface area contributed by atoms with Crippen LogP contribution >= 0.6 is 0 Å². The Morgan fingerprint density at radius 3 is 1.88 bits per heavy atom. The average Bonchev–Trinajstić information content (AvgIpc) is 2.83. The summed E-state index contributed by atoms with van der Waals surface area (Å²) in [6.07, 6.45) is -0.949. The van der Waals surface area contributed by atoms with E-state index in [1.807, 2.05) is 36.4 Å². The van der Waals surface area contributed by atoms with E-state index in [-0.39, 0.29) is 32.5 Å². The molecule has 2 atom stereocenters. The van der Waals surface area contributed by atoms with Gasteiger partial charge in [-0.25, -0.2) is 9.59 Å². The molecule has 9 heteroatoms. The maximum absolute atomic E-state index is 12.6. The third-order valence-corrected chi connectivity index (χ3v) is 4.72. The van der Waals surface area contributed by atoms with Gasteiger partial charge in [0, 0.05) is 6.42 Å². The zero-order valence-electron chi connectivity index (χ0n) is 18.4. The zero-order chi connectivity index (χ0) is 24.1. The Morgan fingerprint density at radius 1 is 0.818 bits per heavy atom. The number of hydrogen-bond donors (Lipinski definition) is 3. The van der Waals surface area contributed by atoms with E-state index in [0.717, 1.165) is 11.1 Å². The maximum atomic E-state index is 12.6. The van der Waals surface area contributed by atoms with Gasteiger partial charge >= 0.3 is 18.0 Å². The van der Waals surface area contributed by atoms with Crippen LogP contribution < -0.4 is 10.6 Å². The predicted molar refractivity (Wildman–Crippen MR) is 119 cm³/mol. The molecule has 0 saturated carbocycles. The minimum absolute atomic E-state index is 0.00710. The van der Waals surface area contributed by atoms with Gasteiger partial charge < -0.3 is 25.2 Å². The molecule has 2 amide bonds. The number of carboxylic acids is 1. The fourth-order valence-electron chi connectivity index (χ4n) is 2.86. The molecular formula is C24H28N2O7. The molecule has 33 heavy (non-hydrogen) atoms. The first kappa shape index (κ1) is 25.4. The van der Waals surface area contributed by atoms with E-state index in [1.165, 1.54) is 0 Å². The summed E-state index contributed by atoms with van der Waals surface area (Å²) < 4.78 is 10.3. The molecule has 0 aliphatic heterocycles. The minimum atomic E-state index is -1.20. The van der Waals surface area contributed by atoms with E-state index in [2.05, 4.69) is 10.6 Å². The van der Waals surface area contributed by atoms with Crippen molar-refractivity contribution in [2.45, 2.75) is 51.5 Å². The number of nitrogens with one attached hydrogen (secondary N) is 2. The lowest BCUT2D eigenvalue weighted by atomic mass is 10.1. The first-order valence-electron chi connectivity index (χ1n) is 10.6. The van der Waals surface area contributed by atoms with Gasteiger partial charge in [-0.2, -0.15) is 0 Å². The van der Waals surface area contributed by atoms with Crippen LogP contribution in [-0.2, 0) is 37.1 Å². The third kappa shape index (κ3) is 9.42. The van der Waals surface area contributed by atoms with Crippen molar-refractivity contribution in [2.75, 3.05) is 0 Å². The van der Waals surface area contributed by atoms with Crippen LogP contribution in [0.1, 0.15) is 37.3 Å². The number of carboxylic acid groups (broad SMARTS) is 1. The number of aliphatic carboxylic acids is 1. The van der Waals surface area contributed by atoms with Crippen molar-refractivity contribution in [3.8, 4) is 0 Å². The lowest BCUT2D eigenvalue weighted by molar-refractivity contribution is -0.146. The molecule has 1 unspecified atom stereocenters. The summed E-state index contributed by atoms with van der Waals surface area (Å²) in [4.78, 5) is 48.2. The van der Waals surface area contributed by atoms with Crippen LogP contribution in [0.5, 0.6) is 0 Å². The molecule has 0 aliphatic carbocycles. The predicted octanol–water partition coefficient (Wildman–Crippen LogP) is 2.78. The minimum Gasteiger partial charge on any atom is -0.480 e. The van der Waals surface area contributed by atoms with Crippen LogP contribution in [0.4, 0.5) is 4.79 Å². The van der Waals surface area contributed by atoms with E-state index in [0.29, 0.717) is 0 Å². The second-order valence-corrected chi connectivity index (χ2v) is 7.25. The van der Waals surface area contributed by atoms with E-state index in [1.54, 1.807) is 31.2 Å². The van der Waals surface area contributed by atoms with E-state index >= 15 is 0 Å². The summed E-state index contributed by atoms with van der Waals surface area (Å²) in [5, 5.41) is 14.0. The highest BCUT2D eigenvalue weighted by atomic mass is 16.5. The van der Waals surface area contributed by atoms with E-state index < -0.39 is 36.0 Å². The summed E-state index contributed by atoms with van der Waals surface area (Å²) in [7, 11) is 0. The van der Waals surface area contributed by atoms with Gasteiger partial charge in [0.15, 0.2) is 0 Å². The Balaban J connectivity index is 1.93. The van der Waals surface area contributed by atoms with Gasteiger partial charge in [0.2, 0.25) is 5.91 Å². The number of hydrogen-bond acceptors (Lipinski definition) is 6. The van der Waals surface area contributed by atoms with Gasteiger partial charge in [-0.3, -0.25) is 9.59 Å². The van der Waals surface area contributed by atoms with Gasteiger partial charge in [0.25, 0.3) is 0 Å². The molecule has 0 fully saturated rings. The quantitative estimate of drug-likeness (QED) is 0.419. The molecule has 0 aliphatic rings. The fraction of sp³-hybridized carbons (Fsp3) is 0.333. The van der Waals surface area contributed by atoms with Crippen LogP contribution in [0.2, 0.25) is 0 Å². The molecule has 0 spiro atoms. The average molecular weight is 456 g/mol.